The Balaban J connectivity index is 2.61. The molecule has 1 aromatic rings. The number of esters is 1. The average Bonchev–Trinajstić information content (AvgIpc) is 2.55. The van der Waals surface area contributed by atoms with Crippen LogP contribution in [0.2, 0.25) is 5.02 Å². The minimum Gasteiger partial charge on any atom is -0.504 e. The Morgan fingerprint density at radius 2 is 2.12 bits per heavy atom. The van der Waals surface area contributed by atoms with Crippen LogP contribution in [-0.2, 0) is 9.53 Å². The Morgan fingerprint density at radius 3 is 2.72 bits per heavy atom. The quantitative estimate of drug-likeness (QED) is 0.513. The lowest BCUT2D eigenvalue weighted by Gasteiger charge is -2.31. The van der Waals surface area contributed by atoms with Gasteiger partial charge in [-0.25, -0.2) is 4.79 Å². The van der Waals surface area contributed by atoms with Gasteiger partial charge in [-0.15, -0.1) is 0 Å². The number of methoxy groups -OCH3 is 1. The Bertz CT molecular complexity index is 721. The summed E-state index contributed by atoms with van der Waals surface area (Å²) in [7, 11) is 1.44. The lowest BCUT2D eigenvalue weighted by Crippen LogP contribution is -2.45. The van der Waals surface area contributed by atoms with Gasteiger partial charge in [0.05, 0.1) is 30.4 Å². The Morgan fingerprint density at radius 1 is 1.40 bits per heavy atom. The third kappa shape index (κ3) is 4.16. The van der Waals surface area contributed by atoms with E-state index >= 15 is 0 Å². The van der Waals surface area contributed by atoms with Crippen molar-refractivity contribution in [3.05, 3.63) is 34.0 Å². The van der Waals surface area contributed by atoms with Gasteiger partial charge < -0.3 is 25.2 Å². The number of allylic oxidation sites excluding steroid dienone is 1. The maximum absolute atomic E-state index is 12.6. The highest BCUT2D eigenvalue weighted by molar-refractivity contribution is 7.80. The van der Waals surface area contributed by atoms with E-state index in [9.17, 15) is 9.90 Å². The van der Waals surface area contributed by atoms with Crippen LogP contribution in [0.25, 0.3) is 0 Å². The zero-order valence-electron chi connectivity index (χ0n) is 14.3. The summed E-state index contributed by atoms with van der Waals surface area (Å²) in [6.45, 7) is 4.01. The van der Waals surface area contributed by atoms with Crippen LogP contribution in [0.5, 0.6) is 11.5 Å². The number of halogens is 1. The van der Waals surface area contributed by atoms with Crippen LogP contribution in [-0.4, -0.2) is 29.9 Å². The molecule has 0 spiro atoms. The van der Waals surface area contributed by atoms with Gasteiger partial charge in [0.25, 0.3) is 0 Å². The molecule has 1 heterocycles. The maximum atomic E-state index is 12.6. The van der Waals surface area contributed by atoms with Crippen LogP contribution in [0.1, 0.15) is 38.3 Å². The summed E-state index contributed by atoms with van der Waals surface area (Å²) in [4.78, 5) is 12.6. The van der Waals surface area contributed by atoms with Gasteiger partial charge in [-0.3, -0.25) is 0 Å². The number of nitrogens with one attached hydrogen (secondary N) is 2. The van der Waals surface area contributed by atoms with E-state index in [1.54, 1.807) is 13.0 Å². The monoisotopic (exact) mass is 384 g/mol. The summed E-state index contributed by atoms with van der Waals surface area (Å²) >= 11 is 11.6. The molecule has 1 aliphatic heterocycles. The molecule has 1 aliphatic rings. The molecule has 0 radical (unpaired) electrons. The van der Waals surface area contributed by atoms with E-state index in [4.69, 9.17) is 33.3 Å². The smallest absolute Gasteiger partial charge is 0.338 e. The van der Waals surface area contributed by atoms with Crippen LogP contribution >= 0.6 is 23.8 Å². The number of carbonyl (C=O) groups excluding carboxylic acids is 1. The second-order valence-corrected chi connectivity index (χ2v) is 6.26. The molecule has 0 saturated heterocycles. The molecule has 3 N–H and O–H groups in total. The first-order valence-electron chi connectivity index (χ1n) is 7.96. The third-order valence-electron chi connectivity index (χ3n) is 3.76. The fourth-order valence-corrected chi connectivity index (χ4v) is 3.20. The molecule has 1 atom stereocenters. The lowest BCUT2D eigenvalue weighted by atomic mass is 9.93. The largest absolute Gasteiger partial charge is 0.504 e. The second-order valence-electron chi connectivity index (χ2n) is 5.44. The standard InChI is InChI=1S/C17H21ClN2O4S/c1-4-6-11-14(16(22)24-5-2)15(20-17(25)19-11)9-7-13(23-3)12(21)8-10(9)18/h7-8,15,21H,4-6H2,1-3H3,(H2,19,20,25). The maximum Gasteiger partial charge on any atom is 0.338 e. The first-order chi connectivity index (χ1) is 11.9. The zero-order valence-corrected chi connectivity index (χ0v) is 15.9. The molecule has 0 aliphatic carbocycles. The molecule has 2 rings (SSSR count). The first kappa shape index (κ1) is 19.3. The fraction of sp³-hybridized carbons (Fsp3) is 0.412. The van der Waals surface area contributed by atoms with Gasteiger partial charge in [-0.2, -0.15) is 0 Å². The van der Waals surface area contributed by atoms with E-state index < -0.39 is 12.0 Å². The molecule has 0 amide bonds. The molecule has 8 heteroatoms. The van der Waals surface area contributed by atoms with Crippen LogP contribution in [0.4, 0.5) is 0 Å². The van der Waals surface area contributed by atoms with Gasteiger partial charge in [0, 0.05) is 17.3 Å². The van der Waals surface area contributed by atoms with Crippen LogP contribution in [0.15, 0.2) is 23.4 Å². The van der Waals surface area contributed by atoms with Crippen molar-refractivity contribution in [3.8, 4) is 11.5 Å². The normalized spacial score (nSPS) is 17.0. The number of hydrogen-bond acceptors (Lipinski definition) is 5. The Kier molecular flexibility index (Phi) is 6.50. The number of phenolic OH excluding ortho intramolecular Hbond substituents is 1. The zero-order chi connectivity index (χ0) is 18.6. The summed E-state index contributed by atoms with van der Waals surface area (Å²) < 4.78 is 10.4. The summed E-state index contributed by atoms with van der Waals surface area (Å²) in [5.74, 6) is -0.268. The van der Waals surface area contributed by atoms with Crippen molar-refractivity contribution in [2.75, 3.05) is 13.7 Å². The number of thiocarbonyl (C=S) groups is 1. The highest BCUT2D eigenvalue weighted by atomic mass is 35.5. The van der Waals surface area contributed by atoms with Crippen molar-refractivity contribution in [1.29, 1.82) is 0 Å². The number of rotatable bonds is 6. The van der Waals surface area contributed by atoms with Crippen molar-refractivity contribution in [2.45, 2.75) is 32.7 Å². The molecule has 0 aromatic heterocycles. The van der Waals surface area contributed by atoms with Crippen molar-refractivity contribution < 1.29 is 19.4 Å². The molecule has 136 valence electrons. The fourth-order valence-electron chi connectivity index (χ4n) is 2.69. The van der Waals surface area contributed by atoms with E-state index in [0.29, 0.717) is 28.4 Å². The third-order valence-corrected chi connectivity index (χ3v) is 4.31. The molecule has 0 bridgehead atoms. The predicted octanol–water partition coefficient (Wildman–Crippen LogP) is 3.19. The van der Waals surface area contributed by atoms with Crippen LogP contribution in [0, 0.1) is 0 Å². The van der Waals surface area contributed by atoms with Crippen molar-refractivity contribution in [1.82, 2.24) is 10.6 Å². The van der Waals surface area contributed by atoms with E-state index in [1.807, 2.05) is 6.92 Å². The number of ether oxygens (including phenoxy) is 2. The van der Waals surface area contributed by atoms with Gasteiger partial charge in [0.2, 0.25) is 0 Å². The SMILES string of the molecule is CCCC1=C(C(=O)OCC)C(c2cc(OC)c(O)cc2Cl)NC(=S)N1. The molecular formula is C17H21ClN2O4S. The highest BCUT2D eigenvalue weighted by Crippen LogP contribution is 2.39. The van der Waals surface area contributed by atoms with Gasteiger partial charge >= 0.3 is 5.97 Å². The molecule has 25 heavy (non-hydrogen) atoms. The number of benzene rings is 1. The van der Waals surface area contributed by atoms with Crippen molar-refractivity contribution in [2.24, 2.45) is 0 Å². The average molecular weight is 385 g/mol. The van der Waals surface area contributed by atoms with Gasteiger partial charge in [-0.1, -0.05) is 24.9 Å². The van der Waals surface area contributed by atoms with E-state index in [0.717, 1.165) is 6.42 Å². The second kappa shape index (κ2) is 8.40. The Labute approximate surface area is 157 Å². The van der Waals surface area contributed by atoms with E-state index in [-0.39, 0.29) is 23.1 Å². The minimum atomic E-state index is -0.601. The number of phenols is 1. The molecule has 0 saturated carbocycles. The van der Waals surface area contributed by atoms with E-state index in [2.05, 4.69) is 10.6 Å². The van der Waals surface area contributed by atoms with Crippen LogP contribution in [0.3, 0.4) is 0 Å². The van der Waals surface area contributed by atoms with Crippen molar-refractivity contribution >= 4 is 34.9 Å². The summed E-state index contributed by atoms with van der Waals surface area (Å²) in [6.07, 6.45) is 1.46. The van der Waals surface area contributed by atoms with Gasteiger partial charge in [0.15, 0.2) is 16.6 Å². The summed E-state index contributed by atoms with van der Waals surface area (Å²) in [5.41, 5.74) is 1.70. The minimum absolute atomic E-state index is 0.0804. The van der Waals surface area contributed by atoms with Crippen molar-refractivity contribution in [3.63, 3.8) is 0 Å². The number of carbonyl (C=O) groups is 1. The van der Waals surface area contributed by atoms with Gasteiger partial charge in [0.1, 0.15) is 0 Å². The van der Waals surface area contributed by atoms with Gasteiger partial charge in [-0.05, 0) is 31.6 Å². The molecular weight excluding hydrogens is 364 g/mol. The Hall–Kier alpha value is -1.99. The molecule has 1 aromatic carbocycles. The van der Waals surface area contributed by atoms with E-state index in [1.165, 1.54) is 13.2 Å². The first-order valence-corrected chi connectivity index (χ1v) is 8.75. The molecule has 0 fully saturated rings. The number of hydrogen-bond donors (Lipinski definition) is 3. The number of aromatic hydroxyl groups is 1. The summed E-state index contributed by atoms with van der Waals surface area (Å²) in [5, 5.41) is 16.7. The van der Waals surface area contributed by atoms with Crippen LogP contribution < -0.4 is 15.4 Å². The lowest BCUT2D eigenvalue weighted by molar-refractivity contribution is -0.139. The molecule has 1 unspecified atom stereocenters. The molecule has 6 nitrogen and oxygen atoms in total. The highest BCUT2D eigenvalue weighted by Gasteiger charge is 2.33. The topological polar surface area (TPSA) is 79.8 Å². The predicted molar refractivity (Wildman–Crippen MR) is 99.8 cm³/mol. The summed E-state index contributed by atoms with van der Waals surface area (Å²) in [6, 6.07) is 2.37.